The van der Waals surface area contributed by atoms with Crippen LogP contribution in [0.4, 0.5) is 24.5 Å². The number of nitrogen functional groups attached to an aromatic ring is 2. The van der Waals surface area contributed by atoms with Gasteiger partial charge in [0.15, 0.2) is 11.6 Å². The monoisotopic (exact) mass is 288 g/mol. The molecule has 2 rings (SSSR count). The number of hydrogen-bond donors (Lipinski definition) is 2. The Morgan fingerprint density at radius 1 is 0.895 bits per heavy atom. The van der Waals surface area contributed by atoms with Crippen LogP contribution >= 0.6 is 11.6 Å². The summed E-state index contributed by atoms with van der Waals surface area (Å²) in [5.74, 6) is -3.41. The van der Waals surface area contributed by atoms with Crippen molar-refractivity contribution in [3.63, 3.8) is 0 Å². The van der Waals surface area contributed by atoms with Crippen LogP contribution in [0.25, 0.3) is 0 Å². The third-order valence-corrected chi connectivity index (χ3v) is 2.66. The molecule has 0 saturated carbocycles. The second-order valence-electron chi connectivity index (χ2n) is 3.72. The Balaban J connectivity index is 2.46. The molecule has 0 atom stereocenters. The molecular weight excluding hydrogens is 281 g/mol. The van der Waals surface area contributed by atoms with Gasteiger partial charge >= 0.3 is 0 Å². The van der Waals surface area contributed by atoms with Gasteiger partial charge in [-0.25, -0.2) is 13.2 Å². The van der Waals surface area contributed by atoms with Crippen molar-refractivity contribution < 1.29 is 17.9 Å². The standard InChI is InChI=1S/C12H8ClF3N2O/c13-10-8(17)4-9(18)12(11(10)16)19-7-2-5(14)1-6(15)3-7/h1-4H,17-18H2. The highest BCUT2D eigenvalue weighted by Crippen LogP contribution is 2.38. The van der Waals surface area contributed by atoms with Crippen molar-refractivity contribution in [1.29, 1.82) is 0 Å². The lowest BCUT2D eigenvalue weighted by atomic mass is 10.2. The summed E-state index contributed by atoms with van der Waals surface area (Å²) < 4.78 is 44.8. The number of halogens is 4. The maximum Gasteiger partial charge on any atom is 0.188 e. The number of anilines is 2. The van der Waals surface area contributed by atoms with Gasteiger partial charge in [0, 0.05) is 18.2 Å². The van der Waals surface area contributed by atoms with Gasteiger partial charge in [-0.1, -0.05) is 11.6 Å². The molecule has 0 amide bonds. The highest BCUT2D eigenvalue weighted by molar-refractivity contribution is 6.33. The third kappa shape index (κ3) is 2.68. The summed E-state index contributed by atoms with van der Waals surface area (Å²) in [6, 6.07) is 3.61. The van der Waals surface area contributed by atoms with E-state index in [0.717, 1.165) is 12.1 Å². The summed E-state index contributed by atoms with van der Waals surface area (Å²) in [6.07, 6.45) is 0. The van der Waals surface area contributed by atoms with Crippen LogP contribution in [0.15, 0.2) is 24.3 Å². The third-order valence-electron chi connectivity index (χ3n) is 2.27. The van der Waals surface area contributed by atoms with E-state index in [1.54, 1.807) is 0 Å². The molecule has 0 unspecified atom stereocenters. The summed E-state index contributed by atoms with van der Waals surface area (Å²) >= 11 is 5.60. The molecule has 2 aromatic rings. The average Bonchev–Trinajstić information content (AvgIpc) is 2.31. The molecule has 0 aliphatic rings. The maximum atomic E-state index is 13.8. The van der Waals surface area contributed by atoms with Crippen molar-refractivity contribution in [3.8, 4) is 11.5 Å². The fourth-order valence-electron chi connectivity index (χ4n) is 1.46. The smallest absolute Gasteiger partial charge is 0.188 e. The van der Waals surface area contributed by atoms with Crippen LogP contribution in [0, 0.1) is 17.5 Å². The van der Waals surface area contributed by atoms with Crippen molar-refractivity contribution >= 4 is 23.0 Å². The molecule has 0 spiro atoms. The Bertz CT molecular complexity index is 629. The predicted molar refractivity (Wildman–Crippen MR) is 66.7 cm³/mol. The number of rotatable bonds is 2. The van der Waals surface area contributed by atoms with Crippen LogP contribution in [-0.4, -0.2) is 0 Å². The van der Waals surface area contributed by atoms with Gasteiger partial charge in [-0.2, -0.15) is 0 Å². The molecule has 0 saturated heterocycles. The molecule has 4 N–H and O–H groups in total. The van der Waals surface area contributed by atoms with Crippen LogP contribution in [0.2, 0.25) is 5.02 Å². The second kappa shape index (κ2) is 4.89. The number of hydrogen-bond acceptors (Lipinski definition) is 3. The average molecular weight is 289 g/mol. The quantitative estimate of drug-likeness (QED) is 0.828. The van der Waals surface area contributed by atoms with E-state index in [1.165, 1.54) is 6.07 Å². The van der Waals surface area contributed by atoms with E-state index in [0.29, 0.717) is 6.07 Å². The van der Waals surface area contributed by atoms with Gasteiger partial charge in [0.1, 0.15) is 22.4 Å². The largest absolute Gasteiger partial charge is 0.452 e. The normalized spacial score (nSPS) is 10.5. The van der Waals surface area contributed by atoms with E-state index in [2.05, 4.69) is 0 Å². The molecule has 0 aromatic heterocycles. The molecule has 0 heterocycles. The molecule has 19 heavy (non-hydrogen) atoms. The lowest BCUT2D eigenvalue weighted by Crippen LogP contribution is -2.00. The Labute approximate surface area is 111 Å². The van der Waals surface area contributed by atoms with Crippen LogP contribution in [0.1, 0.15) is 0 Å². The fraction of sp³-hybridized carbons (Fsp3) is 0. The minimum atomic E-state index is -0.996. The highest BCUT2D eigenvalue weighted by atomic mass is 35.5. The Hall–Kier alpha value is -2.08. The molecule has 0 bridgehead atoms. The molecule has 3 nitrogen and oxygen atoms in total. The summed E-state index contributed by atoms with van der Waals surface area (Å²) in [6.45, 7) is 0. The molecule has 2 aromatic carbocycles. The van der Waals surface area contributed by atoms with E-state index in [9.17, 15) is 13.2 Å². The molecule has 0 radical (unpaired) electrons. The first kappa shape index (κ1) is 13.4. The van der Waals surface area contributed by atoms with Crippen LogP contribution in [0.5, 0.6) is 11.5 Å². The van der Waals surface area contributed by atoms with Crippen LogP contribution in [-0.2, 0) is 0 Å². The topological polar surface area (TPSA) is 61.3 Å². The first-order valence-corrected chi connectivity index (χ1v) is 5.43. The SMILES string of the molecule is Nc1cc(N)c(Oc2cc(F)cc(F)c2)c(F)c1Cl. The summed E-state index contributed by atoms with van der Waals surface area (Å²) in [5.41, 5.74) is 10.7. The van der Waals surface area contributed by atoms with Crippen molar-refractivity contribution in [3.05, 3.63) is 46.7 Å². The summed E-state index contributed by atoms with van der Waals surface area (Å²) in [7, 11) is 0. The van der Waals surface area contributed by atoms with Crippen molar-refractivity contribution in [2.45, 2.75) is 0 Å². The van der Waals surface area contributed by atoms with Gasteiger partial charge in [0.25, 0.3) is 0 Å². The van der Waals surface area contributed by atoms with Gasteiger partial charge < -0.3 is 16.2 Å². The van der Waals surface area contributed by atoms with E-state index in [-0.39, 0.29) is 22.1 Å². The molecule has 7 heteroatoms. The number of ether oxygens (including phenoxy) is 1. The van der Waals surface area contributed by atoms with Crippen LogP contribution in [0.3, 0.4) is 0 Å². The summed E-state index contributed by atoms with van der Waals surface area (Å²) in [4.78, 5) is 0. The molecule has 0 fully saturated rings. The van der Waals surface area contributed by atoms with E-state index >= 15 is 0 Å². The highest BCUT2D eigenvalue weighted by Gasteiger charge is 2.17. The Morgan fingerprint density at radius 2 is 1.47 bits per heavy atom. The number of benzene rings is 2. The summed E-state index contributed by atoms with van der Waals surface area (Å²) in [5, 5.41) is -0.374. The molecular formula is C12H8ClF3N2O. The van der Waals surface area contributed by atoms with Crippen LogP contribution < -0.4 is 16.2 Å². The Morgan fingerprint density at radius 3 is 2.05 bits per heavy atom. The van der Waals surface area contributed by atoms with E-state index in [4.69, 9.17) is 27.8 Å². The zero-order valence-electron chi connectivity index (χ0n) is 9.38. The van der Waals surface area contributed by atoms with Gasteiger partial charge in [0.2, 0.25) is 0 Å². The minimum absolute atomic E-state index is 0.0607. The van der Waals surface area contributed by atoms with Gasteiger partial charge in [-0.15, -0.1) is 0 Å². The molecule has 100 valence electrons. The maximum absolute atomic E-state index is 13.8. The van der Waals surface area contributed by atoms with E-state index in [1.807, 2.05) is 0 Å². The van der Waals surface area contributed by atoms with Gasteiger partial charge in [-0.05, 0) is 6.07 Å². The predicted octanol–water partition coefficient (Wildman–Crippen LogP) is 3.71. The lowest BCUT2D eigenvalue weighted by molar-refractivity contribution is 0.436. The first-order chi connectivity index (χ1) is 8.88. The minimum Gasteiger partial charge on any atom is -0.452 e. The fourth-order valence-corrected chi connectivity index (χ4v) is 1.60. The molecule has 0 aliphatic carbocycles. The van der Waals surface area contributed by atoms with E-state index < -0.39 is 23.2 Å². The molecule has 0 aliphatic heterocycles. The van der Waals surface area contributed by atoms with Crippen molar-refractivity contribution in [1.82, 2.24) is 0 Å². The zero-order chi connectivity index (χ0) is 14.2. The zero-order valence-corrected chi connectivity index (χ0v) is 10.1. The van der Waals surface area contributed by atoms with Gasteiger partial charge in [0.05, 0.1) is 11.4 Å². The lowest BCUT2D eigenvalue weighted by Gasteiger charge is -2.12. The van der Waals surface area contributed by atoms with Crippen molar-refractivity contribution in [2.75, 3.05) is 11.5 Å². The Kier molecular flexibility index (Phi) is 3.44. The van der Waals surface area contributed by atoms with Gasteiger partial charge in [-0.3, -0.25) is 0 Å². The second-order valence-corrected chi connectivity index (χ2v) is 4.10. The number of nitrogens with two attached hydrogens (primary N) is 2. The van der Waals surface area contributed by atoms with Crippen molar-refractivity contribution in [2.24, 2.45) is 0 Å². The first-order valence-electron chi connectivity index (χ1n) is 5.05.